The van der Waals surface area contributed by atoms with Gasteiger partial charge in [-0.25, -0.2) is 0 Å². The van der Waals surface area contributed by atoms with E-state index in [1.807, 2.05) is 0 Å². The van der Waals surface area contributed by atoms with Crippen LogP contribution in [0.5, 0.6) is 0 Å². The van der Waals surface area contributed by atoms with E-state index in [2.05, 4.69) is 4.74 Å². The van der Waals surface area contributed by atoms with Gasteiger partial charge >= 0.3 is 5.97 Å². The van der Waals surface area contributed by atoms with Crippen molar-refractivity contribution in [2.24, 2.45) is 11.7 Å². The Morgan fingerprint density at radius 1 is 1.73 bits per heavy atom. The molecule has 0 amide bonds. The van der Waals surface area contributed by atoms with Gasteiger partial charge in [-0.05, 0) is 19.3 Å². The lowest BCUT2D eigenvalue weighted by atomic mass is 9.96. The molecule has 1 fully saturated rings. The van der Waals surface area contributed by atoms with Crippen molar-refractivity contribution in [2.75, 3.05) is 7.11 Å². The fourth-order valence-corrected chi connectivity index (χ4v) is 1.24. The number of esters is 1. The summed E-state index contributed by atoms with van der Waals surface area (Å²) in [5, 5.41) is 0. The largest absolute Gasteiger partial charge is 0.468 e. The van der Waals surface area contributed by atoms with Crippen molar-refractivity contribution in [2.45, 2.75) is 31.7 Å². The molecule has 3 heteroatoms. The molecule has 11 heavy (non-hydrogen) atoms. The van der Waals surface area contributed by atoms with Crippen LogP contribution < -0.4 is 5.73 Å². The third kappa shape index (κ3) is 2.19. The molecule has 0 bridgehead atoms. The van der Waals surface area contributed by atoms with Crippen LogP contribution in [0, 0.1) is 5.92 Å². The summed E-state index contributed by atoms with van der Waals surface area (Å²) in [5.74, 6) is 0.355. The highest BCUT2D eigenvalue weighted by molar-refractivity contribution is 5.79. The van der Waals surface area contributed by atoms with E-state index < -0.39 is 5.54 Å². The Hall–Kier alpha value is -0.570. The highest BCUT2D eigenvalue weighted by atomic mass is 16.5. The molecule has 0 radical (unpaired) electrons. The zero-order valence-electron chi connectivity index (χ0n) is 7.09. The molecule has 0 aromatic heterocycles. The Bertz CT molecular complexity index is 161. The predicted molar refractivity (Wildman–Crippen MR) is 41.9 cm³/mol. The average Bonchev–Trinajstić information content (AvgIpc) is 2.69. The Labute approximate surface area is 66.9 Å². The molecule has 2 N–H and O–H groups in total. The third-order valence-electron chi connectivity index (χ3n) is 2.06. The lowest BCUT2D eigenvalue weighted by Crippen LogP contribution is -2.46. The lowest BCUT2D eigenvalue weighted by molar-refractivity contribution is -0.146. The van der Waals surface area contributed by atoms with Crippen molar-refractivity contribution in [3.63, 3.8) is 0 Å². The average molecular weight is 157 g/mol. The Kier molecular flexibility index (Phi) is 2.18. The topological polar surface area (TPSA) is 52.3 Å². The summed E-state index contributed by atoms with van der Waals surface area (Å²) in [4.78, 5) is 11.0. The van der Waals surface area contributed by atoms with Crippen molar-refractivity contribution >= 4 is 5.97 Å². The number of ether oxygens (including phenoxy) is 1. The summed E-state index contributed by atoms with van der Waals surface area (Å²) in [5.41, 5.74) is 4.97. The number of carbonyl (C=O) groups is 1. The van der Waals surface area contributed by atoms with Gasteiger partial charge in [-0.2, -0.15) is 0 Å². The molecule has 0 aromatic rings. The number of carbonyl (C=O) groups excluding carboxylic acids is 1. The van der Waals surface area contributed by atoms with Crippen LogP contribution in [0.3, 0.4) is 0 Å². The summed E-state index contributed by atoms with van der Waals surface area (Å²) in [6.45, 7) is 1.73. The Morgan fingerprint density at radius 3 is 2.64 bits per heavy atom. The van der Waals surface area contributed by atoms with Crippen LogP contribution in [-0.2, 0) is 9.53 Å². The fraction of sp³-hybridized carbons (Fsp3) is 0.875. The van der Waals surface area contributed by atoms with Gasteiger partial charge in [0.25, 0.3) is 0 Å². The zero-order chi connectivity index (χ0) is 8.48. The molecule has 3 nitrogen and oxygen atoms in total. The summed E-state index contributed by atoms with van der Waals surface area (Å²) in [7, 11) is 1.38. The molecule has 1 unspecified atom stereocenters. The molecule has 0 spiro atoms. The minimum absolute atomic E-state index is 0.301. The van der Waals surface area contributed by atoms with E-state index >= 15 is 0 Å². The molecule has 0 aromatic carbocycles. The third-order valence-corrected chi connectivity index (χ3v) is 2.06. The van der Waals surface area contributed by atoms with Crippen LogP contribution in [0.4, 0.5) is 0 Å². The van der Waals surface area contributed by atoms with Gasteiger partial charge in [0.15, 0.2) is 0 Å². The summed E-state index contributed by atoms with van der Waals surface area (Å²) in [6.07, 6.45) is 3.19. The smallest absolute Gasteiger partial charge is 0.325 e. The van der Waals surface area contributed by atoms with Gasteiger partial charge in [0.05, 0.1) is 7.11 Å². The van der Waals surface area contributed by atoms with Crippen molar-refractivity contribution < 1.29 is 9.53 Å². The van der Waals surface area contributed by atoms with Gasteiger partial charge in [-0.3, -0.25) is 4.79 Å². The number of methoxy groups -OCH3 is 1. The molecule has 1 aliphatic rings. The maximum Gasteiger partial charge on any atom is 0.325 e. The quantitative estimate of drug-likeness (QED) is 0.613. The van der Waals surface area contributed by atoms with E-state index in [1.54, 1.807) is 6.92 Å². The molecule has 0 aliphatic heterocycles. The monoisotopic (exact) mass is 157 g/mol. The Balaban J connectivity index is 2.42. The van der Waals surface area contributed by atoms with E-state index in [0.717, 1.165) is 6.42 Å². The van der Waals surface area contributed by atoms with E-state index in [9.17, 15) is 4.79 Å². The van der Waals surface area contributed by atoms with Crippen LogP contribution >= 0.6 is 0 Å². The van der Waals surface area contributed by atoms with E-state index in [4.69, 9.17) is 5.73 Å². The molecular weight excluding hydrogens is 142 g/mol. The summed E-state index contributed by atoms with van der Waals surface area (Å²) >= 11 is 0. The van der Waals surface area contributed by atoms with E-state index in [0.29, 0.717) is 5.92 Å². The number of nitrogens with two attached hydrogens (primary N) is 1. The second-order valence-corrected chi connectivity index (χ2v) is 3.56. The molecule has 1 saturated carbocycles. The van der Waals surface area contributed by atoms with Crippen LogP contribution in [0.2, 0.25) is 0 Å². The molecule has 64 valence electrons. The maximum absolute atomic E-state index is 11.0. The first-order chi connectivity index (χ1) is 5.06. The van der Waals surface area contributed by atoms with Crippen molar-refractivity contribution in [1.82, 2.24) is 0 Å². The molecule has 1 aliphatic carbocycles. The lowest BCUT2D eigenvalue weighted by Gasteiger charge is -2.20. The minimum atomic E-state index is -0.768. The normalized spacial score (nSPS) is 22.5. The highest BCUT2D eigenvalue weighted by Gasteiger charge is 2.36. The van der Waals surface area contributed by atoms with Gasteiger partial charge in [0.1, 0.15) is 5.54 Å². The maximum atomic E-state index is 11.0. The second kappa shape index (κ2) is 2.81. The molecule has 1 rings (SSSR count). The van der Waals surface area contributed by atoms with Gasteiger partial charge in [0, 0.05) is 0 Å². The SMILES string of the molecule is COC(=O)C(C)(N)CC1CC1. The first-order valence-corrected chi connectivity index (χ1v) is 3.93. The van der Waals surface area contributed by atoms with Gasteiger partial charge < -0.3 is 10.5 Å². The highest BCUT2D eigenvalue weighted by Crippen LogP contribution is 2.36. The van der Waals surface area contributed by atoms with Crippen LogP contribution in [0.1, 0.15) is 26.2 Å². The van der Waals surface area contributed by atoms with Crippen molar-refractivity contribution in [3.05, 3.63) is 0 Å². The zero-order valence-corrected chi connectivity index (χ0v) is 7.09. The van der Waals surface area contributed by atoms with Crippen molar-refractivity contribution in [1.29, 1.82) is 0 Å². The van der Waals surface area contributed by atoms with Crippen LogP contribution in [0.15, 0.2) is 0 Å². The molecule has 0 heterocycles. The minimum Gasteiger partial charge on any atom is -0.468 e. The van der Waals surface area contributed by atoms with Gasteiger partial charge in [-0.1, -0.05) is 12.8 Å². The standard InChI is InChI=1S/C8H15NO2/c1-8(9,7(10)11-2)5-6-3-4-6/h6H,3-5,9H2,1-2H3. The van der Waals surface area contributed by atoms with Crippen LogP contribution in [-0.4, -0.2) is 18.6 Å². The first kappa shape index (κ1) is 8.53. The summed E-state index contributed by atoms with van der Waals surface area (Å²) < 4.78 is 4.58. The number of hydrogen-bond donors (Lipinski definition) is 1. The van der Waals surface area contributed by atoms with Gasteiger partial charge in [-0.15, -0.1) is 0 Å². The van der Waals surface area contributed by atoms with E-state index in [1.165, 1.54) is 20.0 Å². The van der Waals surface area contributed by atoms with Crippen LogP contribution in [0.25, 0.3) is 0 Å². The van der Waals surface area contributed by atoms with E-state index in [-0.39, 0.29) is 5.97 Å². The number of hydrogen-bond acceptors (Lipinski definition) is 3. The second-order valence-electron chi connectivity index (χ2n) is 3.56. The number of rotatable bonds is 3. The fourth-order valence-electron chi connectivity index (χ4n) is 1.24. The molecular formula is C8H15NO2. The predicted octanol–water partition coefficient (Wildman–Crippen LogP) is 0.677. The molecule has 0 saturated heterocycles. The summed E-state index contributed by atoms with van der Waals surface area (Å²) in [6, 6.07) is 0. The first-order valence-electron chi connectivity index (χ1n) is 3.93. The van der Waals surface area contributed by atoms with Crippen molar-refractivity contribution in [3.8, 4) is 0 Å². The molecule has 1 atom stereocenters. The Morgan fingerprint density at radius 2 is 2.27 bits per heavy atom. The van der Waals surface area contributed by atoms with Gasteiger partial charge in [0.2, 0.25) is 0 Å².